The summed E-state index contributed by atoms with van der Waals surface area (Å²) in [6, 6.07) is 13.2. The molecule has 3 rings (SSSR count). The molecule has 1 heterocycles. The Kier molecular flexibility index (Phi) is 4.22. The highest BCUT2D eigenvalue weighted by Crippen LogP contribution is 2.25. The van der Waals surface area contributed by atoms with Crippen LogP contribution in [0, 0.1) is 6.92 Å². The van der Waals surface area contributed by atoms with Crippen LogP contribution in [0.3, 0.4) is 0 Å². The fourth-order valence-corrected chi connectivity index (χ4v) is 3.43. The second-order valence-corrected chi connectivity index (χ2v) is 6.49. The molecule has 6 heteroatoms. The third-order valence-corrected chi connectivity index (χ3v) is 4.22. The van der Waals surface area contributed by atoms with E-state index in [4.69, 9.17) is 0 Å². The fourth-order valence-electron chi connectivity index (χ4n) is 2.11. The van der Waals surface area contributed by atoms with Crippen LogP contribution in [0.2, 0.25) is 0 Å². The van der Waals surface area contributed by atoms with Crippen molar-refractivity contribution in [2.45, 2.75) is 6.92 Å². The molecular formula is C16H11Br2N3O. The zero-order valence-corrected chi connectivity index (χ0v) is 14.8. The van der Waals surface area contributed by atoms with Gasteiger partial charge in [-0.1, -0.05) is 46.3 Å². The summed E-state index contributed by atoms with van der Waals surface area (Å²) in [4.78, 5) is 17.1. The summed E-state index contributed by atoms with van der Waals surface area (Å²) in [6.07, 6.45) is 1.65. The Morgan fingerprint density at radius 2 is 1.91 bits per heavy atom. The van der Waals surface area contributed by atoms with Crippen LogP contribution < -0.4 is 5.56 Å². The average molecular weight is 421 g/mol. The van der Waals surface area contributed by atoms with Crippen LogP contribution in [0.1, 0.15) is 11.4 Å². The van der Waals surface area contributed by atoms with E-state index in [1.165, 1.54) is 4.68 Å². The van der Waals surface area contributed by atoms with E-state index in [9.17, 15) is 4.79 Å². The zero-order chi connectivity index (χ0) is 15.7. The van der Waals surface area contributed by atoms with Gasteiger partial charge in [0.25, 0.3) is 5.56 Å². The molecule has 22 heavy (non-hydrogen) atoms. The number of hydrogen-bond donors (Lipinski definition) is 0. The maximum atomic E-state index is 12.6. The van der Waals surface area contributed by atoms with Gasteiger partial charge in [-0.3, -0.25) is 4.79 Å². The first kappa shape index (κ1) is 15.1. The van der Waals surface area contributed by atoms with Crippen molar-refractivity contribution in [3.8, 4) is 0 Å². The van der Waals surface area contributed by atoms with E-state index < -0.39 is 0 Å². The highest BCUT2D eigenvalue weighted by Gasteiger charge is 2.11. The van der Waals surface area contributed by atoms with Gasteiger partial charge in [-0.25, -0.2) is 4.98 Å². The maximum Gasteiger partial charge on any atom is 0.282 e. The Hall–Kier alpha value is -1.79. The average Bonchev–Trinajstić information content (AvgIpc) is 2.49. The second-order valence-electron chi connectivity index (χ2n) is 4.72. The molecule has 0 saturated carbocycles. The van der Waals surface area contributed by atoms with Crippen LogP contribution in [-0.2, 0) is 0 Å². The number of hydrogen-bond acceptors (Lipinski definition) is 3. The van der Waals surface area contributed by atoms with E-state index in [0.717, 1.165) is 14.5 Å². The number of rotatable bonds is 2. The standard InChI is InChI=1S/C16H11Br2N3O/c1-10-20-15-13(7-12(17)8-14(15)18)16(22)21(10)19-9-11-5-3-2-4-6-11/h2-9H,1H3/b19-9+. The van der Waals surface area contributed by atoms with Crippen LogP contribution in [0.15, 0.2) is 61.3 Å². The third kappa shape index (κ3) is 2.89. The van der Waals surface area contributed by atoms with Gasteiger partial charge in [0, 0.05) is 8.95 Å². The molecule has 0 aliphatic heterocycles. The Morgan fingerprint density at radius 1 is 1.18 bits per heavy atom. The molecule has 0 atom stereocenters. The molecule has 0 unspecified atom stereocenters. The van der Waals surface area contributed by atoms with Gasteiger partial charge in [-0.05, 0) is 40.5 Å². The van der Waals surface area contributed by atoms with Crippen LogP contribution in [0.4, 0.5) is 0 Å². The smallest absolute Gasteiger partial charge is 0.267 e. The van der Waals surface area contributed by atoms with Gasteiger partial charge in [0.2, 0.25) is 0 Å². The minimum Gasteiger partial charge on any atom is -0.267 e. The molecule has 0 aliphatic rings. The van der Waals surface area contributed by atoms with Crippen molar-refractivity contribution in [3.05, 3.63) is 73.2 Å². The summed E-state index contributed by atoms with van der Waals surface area (Å²) in [5.74, 6) is 0.535. The molecule has 3 aromatic rings. The van der Waals surface area contributed by atoms with Crippen LogP contribution >= 0.6 is 31.9 Å². The topological polar surface area (TPSA) is 47.2 Å². The number of nitrogens with zero attached hydrogens (tertiary/aromatic N) is 3. The second kappa shape index (κ2) is 6.14. The van der Waals surface area contributed by atoms with Crippen molar-refractivity contribution in [1.29, 1.82) is 0 Å². The Labute approximate surface area is 143 Å². The summed E-state index contributed by atoms with van der Waals surface area (Å²) in [7, 11) is 0. The first-order chi connectivity index (χ1) is 10.6. The van der Waals surface area contributed by atoms with Crippen molar-refractivity contribution in [3.63, 3.8) is 0 Å². The molecule has 0 radical (unpaired) electrons. The number of aryl methyl sites for hydroxylation is 1. The van der Waals surface area contributed by atoms with Gasteiger partial charge in [-0.2, -0.15) is 9.78 Å². The maximum absolute atomic E-state index is 12.6. The van der Waals surface area contributed by atoms with E-state index >= 15 is 0 Å². The minimum atomic E-state index is -0.198. The van der Waals surface area contributed by atoms with Crippen LogP contribution in [0.5, 0.6) is 0 Å². The summed E-state index contributed by atoms with van der Waals surface area (Å²) in [5.41, 5.74) is 1.36. The van der Waals surface area contributed by atoms with E-state index in [1.54, 1.807) is 19.2 Å². The molecule has 0 amide bonds. The van der Waals surface area contributed by atoms with Gasteiger partial charge in [0.1, 0.15) is 5.82 Å². The monoisotopic (exact) mass is 419 g/mol. The third-order valence-electron chi connectivity index (χ3n) is 3.15. The highest BCUT2D eigenvalue weighted by molar-refractivity contribution is 9.11. The van der Waals surface area contributed by atoms with E-state index in [-0.39, 0.29) is 5.56 Å². The minimum absolute atomic E-state index is 0.198. The molecule has 0 aliphatic carbocycles. The van der Waals surface area contributed by atoms with E-state index in [2.05, 4.69) is 41.9 Å². The summed E-state index contributed by atoms with van der Waals surface area (Å²) >= 11 is 6.83. The van der Waals surface area contributed by atoms with Crippen molar-refractivity contribution >= 4 is 49.0 Å². The van der Waals surface area contributed by atoms with Gasteiger partial charge >= 0.3 is 0 Å². The van der Waals surface area contributed by atoms with Crippen molar-refractivity contribution in [2.24, 2.45) is 5.10 Å². The van der Waals surface area contributed by atoms with Crippen molar-refractivity contribution < 1.29 is 0 Å². The largest absolute Gasteiger partial charge is 0.282 e. The first-order valence-corrected chi connectivity index (χ1v) is 8.12. The predicted octanol–water partition coefficient (Wildman–Crippen LogP) is 4.11. The van der Waals surface area contributed by atoms with Crippen molar-refractivity contribution in [2.75, 3.05) is 0 Å². The molecule has 4 nitrogen and oxygen atoms in total. The molecular weight excluding hydrogens is 410 g/mol. The van der Waals surface area contributed by atoms with Gasteiger partial charge in [-0.15, -0.1) is 0 Å². The molecule has 1 aromatic heterocycles. The van der Waals surface area contributed by atoms with Crippen molar-refractivity contribution in [1.82, 2.24) is 9.66 Å². The number of benzene rings is 2. The lowest BCUT2D eigenvalue weighted by Gasteiger charge is -2.07. The number of fused-ring (bicyclic) bond motifs is 1. The Morgan fingerprint density at radius 3 is 2.64 bits per heavy atom. The molecule has 0 saturated heterocycles. The van der Waals surface area contributed by atoms with Gasteiger partial charge in [0.05, 0.1) is 17.1 Å². The lowest BCUT2D eigenvalue weighted by Crippen LogP contribution is -2.20. The SMILES string of the molecule is Cc1nc2c(Br)cc(Br)cc2c(=O)n1/N=C/c1ccccc1. The summed E-state index contributed by atoms with van der Waals surface area (Å²) in [5, 5.41) is 4.78. The fraction of sp³-hybridized carbons (Fsp3) is 0.0625. The number of halogens is 2. The van der Waals surface area contributed by atoms with Gasteiger partial charge in [0.15, 0.2) is 0 Å². The van der Waals surface area contributed by atoms with Gasteiger partial charge < -0.3 is 0 Å². The predicted molar refractivity (Wildman–Crippen MR) is 95.6 cm³/mol. The van der Waals surface area contributed by atoms with Crippen LogP contribution in [-0.4, -0.2) is 15.9 Å². The lowest BCUT2D eigenvalue weighted by atomic mass is 10.2. The van der Waals surface area contributed by atoms with E-state index in [0.29, 0.717) is 16.7 Å². The first-order valence-electron chi connectivity index (χ1n) is 6.54. The Bertz CT molecular complexity index is 934. The molecule has 0 fully saturated rings. The molecule has 0 bridgehead atoms. The molecule has 2 aromatic carbocycles. The quantitative estimate of drug-likeness (QED) is 0.585. The number of aromatic nitrogens is 2. The van der Waals surface area contributed by atoms with E-state index in [1.807, 2.05) is 36.4 Å². The Balaban J connectivity index is 2.19. The molecule has 110 valence electrons. The van der Waals surface area contributed by atoms with Crippen LogP contribution in [0.25, 0.3) is 10.9 Å². The molecule has 0 N–H and O–H groups in total. The summed E-state index contributed by atoms with van der Waals surface area (Å²) in [6.45, 7) is 1.76. The highest BCUT2D eigenvalue weighted by atomic mass is 79.9. The zero-order valence-electron chi connectivity index (χ0n) is 11.6. The lowest BCUT2D eigenvalue weighted by molar-refractivity contribution is 0.770. The summed E-state index contributed by atoms with van der Waals surface area (Å²) < 4.78 is 2.90. The molecule has 0 spiro atoms. The normalized spacial score (nSPS) is 11.4.